The van der Waals surface area contributed by atoms with E-state index < -0.39 is 11.8 Å². The van der Waals surface area contributed by atoms with Gasteiger partial charge in [0, 0.05) is 5.02 Å². The van der Waals surface area contributed by atoms with Crippen LogP contribution in [-0.4, -0.2) is 11.1 Å². The Morgan fingerprint density at radius 3 is 2.76 bits per heavy atom. The van der Waals surface area contributed by atoms with Gasteiger partial charge in [-0.3, -0.25) is 0 Å². The number of nitriles is 1. The van der Waals surface area contributed by atoms with Gasteiger partial charge in [-0.25, -0.2) is 9.18 Å². The number of carbonyl (C=O) groups is 1. The molecule has 2 aromatic carbocycles. The van der Waals surface area contributed by atoms with Gasteiger partial charge in [0.25, 0.3) is 0 Å². The predicted octanol–water partition coefficient (Wildman–Crippen LogP) is 3.63. The van der Waals surface area contributed by atoms with Crippen LogP contribution < -0.4 is 4.74 Å². The molecule has 6 heteroatoms. The molecule has 0 spiro atoms. The molecule has 0 heterocycles. The van der Waals surface area contributed by atoms with Gasteiger partial charge in [-0.1, -0.05) is 17.7 Å². The minimum Gasteiger partial charge on any atom is -0.488 e. The van der Waals surface area contributed by atoms with E-state index in [0.717, 1.165) is 6.07 Å². The number of halogens is 2. The van der Waals surface area contributed by atoms with Gasteiger partial charge >= 0.3 is 5.97 Å². The molecule has 0 fully saturated rings. The van der Waals surface area contributed by atoms with Gasteiger partial charge in [-0.2, -0.15) is 5.26 Å². The summed E-state index contributed by atoms with van der Waals surface area (Å²) in [7, 11) is 0. The minimum absolute atomic E-state index is 0.0108. The summed E-state index contributed by atoms with van der Waals surface area (Å²) in [5, 5.41) is 18.1. The summed E-state index contributed by atoms with van der Waals surface area (Å²) in [4.78, 5) is 11.1. The largest absolute Gasteiger partial charge is 0.488 e. The lowest BCUT2D eigenvalue weighted by Crippen LogP contribution is -2.04. The smallest absolute Gasteiger partial charge is 0.339 e. The van der Waals surface area contributed by atoms with Crippen LogP contribution in [0.4, 0.5) is 4.39 Å². The van der Waals surface area contributed by atoms with Crippen LogP contribution in [0.15, 0.2) is 36.4 Å². The van der Waals surface area contributed by atoms with Crippen LogP contribution in [0.25, 0.3) is 0 Å². The van der Waals surface area contributed by atoms with Crippen molar-refractivity contribution in [3.63, 3.8) is 0 Å². The Morgan fingerprint density at radius 2 is 2.10 bits per heavy atom. The average molecular weight is 306 g/mol. The van der Waals surface area contributed by atoms with Gasteiger partial charge in [0.15, 0.2) is 0 Å². The average Bonchev–Trinajstić information content (AvgIpc) is 2.47. The lowest BCUT2D eigenvalue weighted by Gasteiger charge is -2.10. The molecule has 2 aromatic rings. The van der Waals surface area contributed by atoms with Crippen molar-refractivity contribution in [2.45, 2.75) is 6.61 Å². The van der Waals surface area contributed by atoms with E-state index in [1.54, 1.807) is 6.07 Å². The second-order valence-electron chi connectivity index (χ2n) is 4.16. The number of rotatable bonds is 4. The number of ether oxygens (including phenoxy) is 1. The number of nitrogens with zero attached hydrogens (tertiary/aromatic N) is 1. The Balaban J connectivity index is 2.21. The van der Waals surface area contributed by atoms with Crippen LogP contribution >= 0.6 is 11.6 Å². The van der Waals surface area contributed by atoms with E-state index in [1.165, 1.54) is 30.3 Å². The van der Waals surface area contributed by atoms with E-state index in [4.69, 9.17) is 26.7 Å². The first-order valence-electron chi connectivity index (χ1n) is 5.85. The van der Waals surface area contributed by atoms with E-state index >= 15 is 0 Å². The Hall–Kier alpha value is -2.58. The number of carboxylic acid groups (broad SMARTS) is 1. The van der Waals surface area contributed by atoms with Gasteiger partial charge < -0.3 is 9.84 Å². The molecule has 0 atom stereocenters. The molecule has 0 aliphatic rings. The van der Waals surface area contributed by atoms with Crippen molar-refractivity contribution in [3.8, 4) is 11.8 Å². The van der Waals surface area contributed by atoms with Gasteiger partial charge in [-0.05, 0) is 35.9 Å². The van der Waals surface area contributed by atoms with Gasteiger partial charge in [0.2, 0.25) is 0 Å². The molecular weight excluding hydrogens is 297 g/mol. The quantitative estimate of drug-likeness (QED) is 0.936. The molecule has 0 saturated carbocycles. The molecule has 4 nitrogen and oxygen atoms in total. The molecule has 0 aromatic heterocycles. The van der Waals surface area contributed by atoms with E-state index in [-0.39, 0.29) is 28.5 Å². The van der Waals surface area contributed by atoms with E-state index in [2.05, 4.69) is 0 Å². The number of hydrogen-bond donors (Lipinski definition) is 1. The van der Waals surface area contributed by atoms with Crippen molar-refractivity contribution < 1.29 is 19.0 Å². The molecule has 0 amide bonds. The molecule has 0 radical (unpaired) electrons. The highest BCUT2D eigenvalue weighted by atomic mass is 35.5. The van der Waals surface area contributed by atoms with Crippen LogP contribution in [0.5, 0.6) is 5.75 Å². The number of carboxylic acids is 1. The third-order valence-electron chi connectivity index (χ3n) is 2.72. The van der Waals surface area contributed by atoms with Gasteiger partial charge in [0.05, 0.1) is 5.56 Å². The number of benzene rings is 2. The van der Waals surface area contributed by atoms with Crippen molar-refractivity contribution in [2.75, 3.05) is 0 Å². The number of hydrogen-bond acceptors (Lipinski definition) is 3. The fourth-order valence-corrected chi connectivity index (χ4v) is 1.88. The summed E-state index contributed by atoms with van der Waals surface area (Å²) in [6, 6.07) is 9.95. The Morgan fingerprint density at radius 1 is 1.33 bits per heavy atom. The van der Waals surface area contributed by atoms with Crippen molar-refractivity contribution in [1.29, 1.82) is 5.26 Å². The molecule has 0 bridgehead atoms. The third kappa shape index (κ3) is 3.50. The summed E-state index contributed by atoms with van der Waals surface area (Å²) in [6.07, 6.45) is 0. The van der Waals surface area contributed by atoms with Crippen molar-refractivity contribution in [3.05, 3.63) is 63.9 Å². The Kier molecular flexibility index (Phi) is 4.41. The van der Waals surface area contributed by atoms with Gasteiger partial charge in [0.1, 0.15) is 29.8 Å². The van der Waals surface area contributed by atoms with E-state index in [0.29, 0.717) is 5.56 Å². The molecule has 0 aliphatic heterocycles. The SMILES string of the molecule is N#Cc1cc(COc2ccc(Cl)cc2C(=O)O)ccc1F. The maximum atomic E-state index is 13.2. The minimum atomic E-state index is -1.16. The highest BCUT2D eigenvalue weighted by Crippen LogP contribution is 2.24. The number of aromatic carboxylic acids is 1. The van der Waals surface area contributed by atoms with Crippen molar-refractivity contribution in [1.82, 2.24) is 0 Å². The summed E-state index contributed by atoms with van der Waals surface area (Å²) in [5.41, 5.74) is 0.398. The van der Waals surface area contributed by atoms with E-state index in [9.17, 15) is 9.18 Å². The fraction of sp³-hybridized carbons (Fsp3) is 0.0667. The monoisotopic (exact) mass is 305 g/mol. The molecule has 0 saturated heterocycles. The standard InChI is InChI=1S/C15H9ClFNO3/c16-11-2-4-14(12(6-11)15(19)20)21-8-9-1-3-13(17)10(5-9)7-18/h1-6H,8H2,(H,19,20). The van der Waals surface area contributed by atoms with Crippen LogP contribution in [0.3, 0.4) is 0 Å². The first-order valence-corrected chi connectivity index (χ1v) is 6.23. The zero-order valence-corrected chi connectivity index (χ0v) is 11.4. The van der Waals surface area contributed by atoms with Crippen LogP contribution in [0.1, 0.15) is 21.5 Å². The second kappa shape index (κ2) is 6.25. The predicted molar refractivity (Wildman–Crippen MR) is 73.9 cm³/mol. The topological polar surface area (TPSA) is 70.3 Å². The van der Waals surface area contributed by atoms with E-state index in [1.807, 2.05) is 0 Å². The maximum absolute atomic E-state index is 13.2. The zero-order chi connectivity index (χ0) is 15.4. The van der Waals surface area contributed by atoms with Crippen LogP contribution in [-0.2, 0) is 6.61 Å². The summed E-state index contributed by atoms with van der Waals surface area (Å²) in [5.74, 6) is -1.63. The zero-order valence-electron chi connectivity index (χ0n) is 10.6. The van der Waals surface area contributed by atoms with Gasteiger partial charge in [-0.15, -0.1) is 0 Å². The normalized spacial score (nSPS) is 9.95. The second-order valence-corrected chi connectivity index (χ2v) is 4.60. The fourth-order valence-electron chi connectivity index (χ4n) is 1.70. The first-order chi connectivity index (χ1) is 10.0. The summed E-state index contributed by atoms with van der Waals surface area (Å²) in [6.45, 7) is 0.0108. The Labute approximate surface area is 125 Å². The molecule has 106 valence electrons. The van der Waals surface area contributed by atoms with Crippen LogP contribution in [0, 0.1) is 17.1 Å². The molecule has 0 unspecified atom stereocenters. The molecular formula is C15H9ClFNO3. The maximum Gasteiger partial charge on any atom is 0.339 e. The third-order valence-corrected chi connectivity index (χ3v) is 2.95. The van der Waals surface area contributed by atoms with Crippen molar-refractivity contribution in [2.24, 2.45) is 0 Å². The highest BCUT2D eigenvalue weighted by molar-refractivity contribution is 6.31. The highest BCUT2D eigenvalue weighted by Gasteiger charge is 2.12. The lowest BCUT2D eigenvalue weighted by molar-refractivity contribution is 0.0691. The molecule has 21 heavy (non-hydrogen) atoms. The van der Waals surface area contributed by atoms with Crippen molar-refractivity contribution >= 4 is 17.6 Å². The molecule has 1 N–H and O–H groups in total. The first kappa shape index (κ1) is 14.8. The lowest BCUT2D eigenvalue weighted by atomic mass is 10.1. The summed E-state index contributed by atoms with van der Waals surface area (Å²) < 4.78 is 18.6. The molecule has 0 aliphatic carbocycles. The summed E-state index contributed by atoms with van der Waals surface area (Å²) >= 11 is 5.74. The molecule has 2 rings (SSSR count). The Bertz CT molecular complexity index is 740. The van der Waals surface area contributed by atoms with Crippen LogP contribution in [0.2, 0.25) is 5.02 Å².